The second-order valence-corrected chi connectivity index (χ2v) is 2.84. The molecule has 74 valence electrons. The van der Waals surface area contributed by atoms with Crippen molar-refractivity contribution < 1.29 is 14.1 Å². The molecule has 1 aliphatic heterocycles. The van der Waals surface area contributed by atoms with Crippen molar-refractivity contribution in [3.05, 3.63) is 28.0 Å². The van der Waals surface area contributed by atoms with E-state index >= 15 is 0 Å². The molecule has 7 heteroatoms. The minimum Gasteiger partial charge on any atom is -0.404 e. The molecule has 2 amide bonds. The van der Waals surface area contributed by atoms with Crippen molar-refractivity contribution in [3.63, 3.8) is 0 Å². The van der Waals surface area contributed by atoms with Crippen molar-refractivity contribution in [2.75, 3.05) is 6.54 Å². The number of furan rings is 1. The Labute approximate surface area is 78.2 Å². The van der Waals surface area contributed by atoms with Crippen LogP contribution in [0.4, 0.5) is 10.7 Å². The van der Waals surface area contributed by atoms with Gasteiger partial charge in [0, 0.05) is 6.54 Å². The molecule has 1 atom stereocenters. The van der Waals surface area contributed by atoms with Crippen LogP contribution in [0.2, 0.25) is 0 Å². The highest BCUT2D eigenvalue weighted by molar-refractivity contribution is 5.76. The summed E-state index contributed by atoms with van der Waals surface area (Å²) < 4.78 is 4.92. The molecule has 2 heterocycles. The predicted molar refractivity (Wildman–Crippen MR) is 44.6 cm³/mol. The van der Waals surface area contributed by atoms with Crippen LogP contribution in [0.5, 0.6) is 0 Å². The van der Waals surface area contributed by atoms with Crippen LogP contribution in [0.15, 0.2) is 16.5 Å². The maximum atomic E-state index is 10.8. The van der Waals surface area contributed by atoms with E-state index in [0.717, 1.165) is 0 Å². The van der Waals surface area contributed by atoms with E-state index in [1.165, 1.54) is 12.1 Å². The molecule has 1 saturated heterocycles. The summed E-state index contributed by atoms with van der Waals surface area (Å²) in [5, 5.41) is 15.4. The van der Waals surface area contributed by atoms with Crippen LogP contribution in [-0.2, 0) is 0 Å². The smallest absolute Gasteiger partial charge is 0.404 e. The minimum atomic E-state index is -0.617. The fourth-order valence-electron chi connectivity index (χ4n) is 1.25. The third-order valence-corrected chi connectivity index (χ3v) is 1.91. The van der Waals surface area contributed by atoms with Gasteiger partial charge >= 0.3 is 11.9 Å². The number of nitro groups is 1. The van der Waals surface area contributed by atoms with Crippen molar-refractivity contribution in [1.82, 2.24) is 10.6 Å². The first-order valence-electron chi connectivity index (χ1n) is 3.95. The van der Waals surface area contributed by atoms with Gasteiger partial charge in [-0.2, -0.15) is 0 Å². The number of carbonyl (C=O) groups excluding carboxylic acids is 1. The zero-order valence-electron chi connectivity index (χ0n) is 7.02. The highest BCUT2D eigenvalue weighted by atomic mass is 16.6. The molecule has 0 aliphatic carbocycles. The van der Waals surface area contributed by atoms with E-state index in [1.807, 2.05) is 0 Å². The summed E-state index contributed by atoms with van der Waals surface area (Å²) in [7, 11) is 0. The highest BCUT2D eigenvalue weighted by Gasteiger charge is 2.26. The lowest BCUT2D eigenvalue weighted by Gasteiger charge is -2.01. The van der Waals surface area contributed by atoms with Crippen LogP contribution in [0.25, 0.3) is 0 Å². The second-order valence-electron chi connectivity index (χ2n) is 2.84. The Morgan fingerprint density at radius 3 is 2.86 bits per heavy atom. The van der Waals surface area contributed by atoms with E-state index in [0.29, 0.717) is 12.3 Å². The van der Waals surface area contributed by atoms with E-state index in [9.17, 15) is 14.9 Å². The lowest BCUT2D eigenvalue weighted by atomic mass is 10.2. The van der Waals surface area contributed by atoms with Crippen molar-refractivity contribution >= 4 is 11.9 Å². The highest BCUT2D eigenvalue weighted by Crippen LogP contribution is 2.22. The molecule has 0 aromatic carbocycles. The number of hydrogen-bond donors (Lipinski definition) is 2. The van der Waals surface area contributed by atoms with Gasteiger partial charge in [0.05, 0.1) is 6.07 Å². The number of nitrogens with one attached hydrogen (secondary N) is 2. The molecular formula is C7H7N3O4. The van der Waals surface area contributed by atoms with Gasteiger partial charge in [-0.15, -0.1) is 0 Å². The summed E-state index contributed by atoms with van der Waals surface area (Å²) in [4.78, 5) is 20.5. The topological polar surface area (TPSA) is 97.4 Å². The number of amides is 2. The zero-order chi connectivity index (χ0) is 10.1. The number of nitrogens with zero attached hydrogens (tertiary/aromatic N) is 1. The molecule has 1 aliphatic rings. The third kappa shape index (κ3) is 1.39. The van der Waals surface area contributed by atoms with Gasteiger partial charge in [0.15, 0.2) is 0 Å². The van der Waals surface area contributed by atoms with Gasteiger partial charge in [-0.1, -0.05) is 0 Å². The van der Waals surface area contributed by atoms with E-state index in [-0.39, 0.29) is 18.0 Å². The predicted octanol–water partition coefficient (Wildman–Crippen LogP) is 0.542. The van der Waals surface area contributed by atoms with E-state index in [4.69, 9.17) is 4.42 Å². The quantitative estimate of drug-likeness (QED) is 0.534. The zero-order valence-corrected chi connectivity index (χ0v) is 7.02. The van der Waals surface area contributed by atoms with Crippen LogP contribution in [0.1, 0.15) is 11.8 Å². The van der Waals surface area contributed by atoms with Crippen LogP contribution in [-0.4, -0.2) is 17.5 Å². The van der Waals surface area contributed by atoms with Gasteiger partial charge in [-0.05, 0) is 6.07 Å². The normalized spacial score (nSPS) is 20.3. The molecule has 7 nitrogen and oxygen atoms in total. The fraction of sp³-hybridized carbons (Fsp3) is 0.286. The lowest BCUT2D eigenvalue weighted by molar-refractivity contribution is -0.402. The Morgan fingerprint density at radius 2 is 2.36 bits per heavy atom. The van der Waals surface area contributed by atoms with Crippen LogP contribution in [0.3, 0.4) is 0 Å². The van der Waals surface area contributed by atoms with E-state index < -0.39 is 4.92 Å². The third-order valence-electron chi connectivity index (χ3n) is 1.91. The van der Waals surface area contributed by atoms with E-state index in [1.54, 1.807) is 0 Å². The summed E-state index contributed by atoms with van der Waals surface area (Å²) in [6.07, 6.45) is 0. The van der Waals surface area contributed by atoms with Crippen molar-refractivity contribution in [1.29, 1.82) is 0 Å². The summed E-state index contributed by atoms with van der Waals surface area (Å²) in [5.41, 5.74) is 0. The SMILES string of the molecule is O=C1NCC(c2ccc([N+](=O)[O-])o2)N1. The monoisotopic (exact) mass is 197 g/mol. The molecule has 2 N–H and O–H groups in total. The molecule has 0 spiro atoms. The summed E-state index contributed by atoms with van der Waals surface area (Å²) in [5.74, 6) is 0.0659. The van der Waals surface area contributed by atoms with Gasteiger partial charge in [0.25, 0.3) is 0 Å². The van der Waals surface area contributed by atoms with E-state index in [2.05, 4.69) is 10.6 Å². The van der Waals surface area contributed by atoms with Gasteiger partial charge in [-0.25, -0.2) is 4.79 Å². The van der Waals surface area contributed by atoms with Crippen LogP contribution >= 0.6 is 0 Å². The number of hydrogen-bond acceptors (Lipinski definition) is 4. The van der Waals surface area contributed by atoms with Gasteiger partial charge < -0.3 is 15.1 Å². The molecule has 0 radical (unpaired) electrons. The van der Waals surface area contributed by atoms with Gasteiger partial charge in [-0.3, -0.25) is 10.1 Å². The molecule has 2 rings (SSSR count). The Bertz CT molecular complexity index is 386. The van der Waals surface area contributed by atoms with Crippen LogP contribution < -0.4 is 10.6 Å². The van der Waals surface area contributed by atoms with Gasteiger partial charge in [0.1, 0.15) is 16.7 Å². The molecule has 0 bridgehead atoms. The second kappa shape index (κ2) is 3.02. The molecule has 1 aromatic heterocycles. The number of carbonyl (C=O) groups is 1. The largest absolute Gasteiger partial charge is 0.433 e. The molecular weight excluding hydrogens is 190 g/mol. The Balaban J connectivity index is 2.17. The van der Waals surface area contributed by atoms with Crippen molar-refractivity contribution in [3.8, 4) is 0 Å². The maximum Gasteiger partial charge on any atom is 0.433 e. The molecule has 14 heavy (non-hydrogen) atoms. The van der Waals surface area contributed by atoms with Crippen LogP contribution in [0, 0.1) is 10.1 Å². The molecule has 0 saturated carbocycles. The first-order chi connectivity index (χ1) is 6.66. The van der Waals surface area contributed by atoms with Crippen molar-refractivity contribution in [2.24, 2.45) is 0 Å². The average molecular weight is 197 g/mol. The number of rotatable bonds is 2. The van der Waals surface area contributed by atoms with Crippen molar-refractivity contribution in [2.45, 2.75) is 6.04 Å². The molecule has 1 unspecified atom stereocenters. The molecule has 1 aromatic rings. The first-order valence-corrected chi connectivity index (χ1v) is 3.95. The minimum absolute atomic E-state index is 0.297. The summed E-state index contributed by atoms with van der Waals surface area (Å²) in [6.45, 7) is 0.378. The molecule has 1 fully saturated rings. The maximum absolute atomic E-state index is 10.8. The van der Waals surface area contributed by atoms with Gasteiger partial charge in [0.2, 0.25) is 0 Å². The standard InChI is InChI=1S/C7H7N3O4/c11-7-8-3-4(9-7)5-1-2-6(14-5)10(12)13/h1-2,4H,3H2,(H2,8,9,11). The Hall–Kier alpha value is -2.05. The summed E-state index contributed by atoms with van der Waals surface area (Å²) in [6, 6.07) is 2.13. The lowest BCUT2D eigenvalue weighted by Crippen LogP contribution is -2.21. The Kier molecular flexibility index (Phi) is 1.84. The first kappa shape index (κ1) is 8.54. The summed E-state index contributed by atoms with van der Waals surface area (Å²) >= 11 is 0. The average Bonchev–Trinajstić information content (AvgIpc) is 2.70. The number of urea groups is 1. The fourth-order valence-corrected chi connectivity index (χ4v) is 1.25. The Morgan fingerprint density at radius 1 is 1.57 bits per heavy atom.